The average Bonchev–Trinajstić information content (AvgIpc) is 3.53. The van der Waals surface area contributed by atoms with Crippen LogP contribution in [0.25, 0.3) is 0 Å². The van der Waals surface area contributed by atoms with Crippen LogP contribution in [0.4, 0.5) is 0 Å². The number of rotatable bonds is 14. The maximum absolute atomic E-state index is 13.9. The Morgan fingerprint density at radius 1 is 1.00 bits per heavy atom. The van der Waals surface area contributed by atoms with Crippen molar-refractivity contribution in [2.75, 3.05) is 26.8 Å². The van der Waals surface area contributed by atoms with Crippen molar-refractivity contribution in [1.29, 1.82) is 0 Å². The molecule has 2 atom stereocenters. The van der Waals surface area contributed by atoms with Crippen molar-refractivity contribution in [1.82, 2.24) is 14.9 Å². The fraction of sp³-hybridized carbons (Fsp3) is 0.375. The zero-order valence-corrected chi connectivity index (χ0v) is 24.9. The van der Waals surface area contributed by atoms with Crippen LogP contribution in [0, 0.1) is 0 Å². The quantitative estimate of drug-likeness (QED) is 0.292. The van der Waals surface area contributed by atoms with Gasteiger partial charge in [-0.2, -0.15) is 0 Å². The van der Waals surface area contributed by atoms with E-state index in [9.17, 15) is 18.0 Å². The topological polar surface area (TPSA) is 114 Å². The lowest BCUT2D eigenvalue weighted by molar-refractivity contribution is -0.141. The lowest BCUT2D eigenvalue weighted by Crippen LogP contribution is -2.45. The SMILES string of the molecule is CCNS(=O)(=O)c1ccc(CCC(=O)N(Cc2ccc(OC)cc2)[C@H](C(=O)NC[C@@H]2CCCO2)c2ccccc2)cc1. The van der Waals surface area contributed by atoms with Crippen LogP contribution in [0.15, 0.2) is 83.8 Å². The van der Waals surface area contributed by atoms with Crippen molar-refractivity contribution in [3.05, 3.63) is 95.6 Å². The smallest absolute Gasteiger partial charge is 0.247 e. The molecule has 0 aromatic heterocycles. The number of aryl methyl sites for hydroxylation is 1. The molecular formula is C32H39N3O6S. The lowest BCUT2D eigenvalue weighted by Gasteiger charge is -2.32. The van der Waals surface area contributed by atoms with Gasteiger partial charge in [0.2, 0.25) is 21.8 Å². The summed E-state index contributed by atoms with van der Waals surface area (Å²) in [4.78, 5) is 29.5. The van der Waals surface area contributed by atoms with E-state index >= 15 is 0 Å². The monoisotopic (exact) mass is 593 g/mol. The molecule has 3 aromatic carbocycles. The first kappa shape index (κ1) is 31.2. The Bertz CT molecular complexity index is 1410. The van der Waals surface area contributed by atoms with Crippen LogP contribution in [-0.2, 0) is 37.3 Å². The molecule has 0 radical (unpaired) electrons. The van der Waals surface area contributed by atoms with Crippen molar-refractivity contribution < 1.29 is 27.5 Å². The molecule has 2 N–H and O–H groups in total. The highest BCUT2D eigenvalue weighted by Gasteiger charge is 2.32. The third-order valence-corrected chi connectivity index (χ3v) is 8.79. The predicted octanol–water partition coefficient (Wildman–Crippen LogP) is 3.99. The van der Waals surface area contributed by atoms with Gasteiger partial charge < -0.3 is 19.7 Å². The van der Waals surface area contributed by atoms with E-state index in [1.54, 1.807) is 31.1 Å². The standard InChI is InChI=1S/C32H39N3O6S/c1-3-34-42(38,39)29-18-13-24(14-19-29)15-20-30(36)35(23-25-11-16-27(40-2)17-12-25)31(26-8-5-4-6-9-26)32(37)33-22-28-10-7-21-41-28/h4-6,8-9,11-14,16-19,28,31,34H,3,7,10,15,20-23H2,1-2H3,(H,33,37)/t28-,31-/m0/s1. The van der Waals surface area contributed by atoms with Gasteiger partial charge in [-0.3, -0.25) is 9.59 Å². The van der Waals surface area contributed by atoms with Crippen molar-refractivity contribution in [2.24, 2.45) is 0 Å². The molecule has 10 heteroatoms. The van der Waals surface area contributed by atoms with E-state index in [1.165, 1.54) is 12.1 Å². The molecule has 224 valence electrons. The summed E-state index contributed by atoms with van der Waals surface area (Å²) in [6.07, 6.45) is 2.35. The van der Waals surface area contributed by atoms with Crippen LogP contribution >= 0.6 is 0 Å². The van der Waals surface area contributed by atoms with Crippen LogP contribution in [0.1, 0.15) is 48.9 Å². The lowest BCUT2D eigenvalue weighted by atomic mass is 10.0. The molecule has 1 saturated heterocycles. The van der Waals surface area contributed by atoms with Crippen LogP contribution < -0.4 is 14.8 Å². The van der Waals surface area contributed by atoms with E-state index in [2.05, 4.69) is 10.0 Å². The summed E-state index contributed by atoms with van der Waals surface area (Å²) in [5.74, 6) is 0.234. The maximum atomic E-state index is 13.9. The molecule has 9 nitrogen and oxygen atoms in total. The Kier molecular flexibility index (Phi) is 11.1. The first-order valence-corrected chi connectivity index (χ1v) is 15.7. The van der Waals surface area contributed by atoms with Gasteiger partial charge in [0.25, 0.3) is 0 Å². The highest BCUT2D eigenvalue weighted by Crippen LogP contribution is 2.26. The number of benzene rings is 3. The summed E-state index contributed by atoms with van der Waals surface area (Å²) in [6, 6.07) is 22.4. The van der Waals surface area contributed by atoms with E-state index < -0.39 is 16.1 Å². The molecule has 42 heavy (non-hydrogen) atoms. The number of methoxy groups -OCH3 is 1. The predicted molar refractivity (Wildman–Crippen MR) is 160 cm³/mol. The van der Waals surface area contributed by atoms with Gasteiger partial charge in [0, 0.05) is 32.7 Å². The molecule has 3 aromatic rings. The number of hydrogen-bond acceptors (Lipinski definition) is 6. The highest BCUT2D eigenvalue weighted by atomic mass is 32.2. The van der Waals surface area contributed by atoms with Crippen LogP contribution in [-0.4, -0.2) is 58.0 Å². The summed E-state index contributed by atoms with van der Waals surface area (Å²) in [5.41, 5.74) is 2.39. The largest absolute Gasteiger partial charge is 0.497 e. The third-order valence-electron chi connectivity index (χ3n) is 7.23. The summed E-state index contributed by atoms with van der Waals surface area (Å²) in [7, 11) is -1.97. The molecule has 2 amide bonds. The third kappa shape index (κ3) is 8.40. The Morgan fingerprint density at radius 3 is 2.31 bits per heavy atom. The van der Waals surface area contributed by atoms with E-state index in [1.807, 2.05) is 54.6 Å². The Balaban J connectivity index is 1.57. The summed E-state index contributed by atoms with van der Waals surface area (Å²) in [5, 5.41) is 3.03. The first-order valence-electron chi connectivity index (χ1n) is 14.3. The Hall–Kier alpha value is -3.73. The van der Waals surface area contributed by atoms with Crippen LogP contribution in [0.3, 0.4) is 0 Å². The maximum Gasteiger partial charge on any atom is 0.247 e. The average molecular weight is 594 g/mol. The van der Waals surface area contributed by atoms with Crippen LogP contribution in [0.5, 0.6) is 5.75 Å². The minimum atomic E-state index is -3.56. The molecule has 0 bridgehead atoms. The molecule has 0 spiro atoms. The van der Waals surface area contributed by atoms with Gasteiger partial charge in [-0.05, 0) is 60.2 Å². The number of carbonyl (C=O) groups excluding carboxylic acids is 2. The number of sulfonamides is 1. The molecular weight excluding hydrogens is 554 g/mol. The molecule has 0 unspecified atom stereocenters. The van der Waals surface area contributed by atoms with Crippen LogP contribution in [0.2, 0.25) is 0 Å². The van der Waals surface area contributed by atoms with Gasteiger partial charge in [-0.1, -0.05) is 61.5 Å². The number of hydrogen-bond donors (Lipinski definition) is 2. The van der Waals surface area contributed by atoms with Gasteiger partial charge >= 0.3 is 0 Å². The fourth-order valence-corrected chi connectivity index (χ4v) is 6.02. The second-order valence-electron chi connectivity index (χ2n) is 10.2. The Morgan fingerprint density at radius 2 is 1.69 bits per heavy atom. The zero-order chi connectivity index (χ0) is 30.0. The molecule has 1 aliphatic heterocycles. The van der Waals surface area contributed by atoms with Gasteiger partial charge in [0.1, 0.15) is 11.8 Å². The van der Waals surface area contributed by atoms with Gasteiger partial charge in [0.15, 0.2) is 0 Å². The minimum Gasteiger partial charge on any atom is -0.497 e. The first-order chi connectivity index (χ1) is 20.3. The second-order valence-corrected chi connectivity index (χ2v) is 12.0. The second kappa shape index (κ2) is 14.9. The molecule has 0 saturated carbocycles. The summed E-state index contributed by atoms with van der Waals surface area (Å²) < 4.78 is 38.1. The molecule has 1 heterocycles. The fourth-order valence-electron chi connectivity index (χ4n) is 4.98. The number of nitrogens with zero attached hydrogens (tertiary/aromatic N) is 1. The Labute approximate surface area is 248 Å². The van der Waals surface area contributed by atoms with Crippen molar-refractivity contribution in [3.8, 4) is 5.75 Å². The normalized spacial score (nSPS) is 15.6. The van der Waals surface area contributed by atoms with Gasteiger partial charge in [-0.15, -0.1) is 0 Å². The number of ether oxygens (including phenoxy) is 2. The van der Waals surface area contributed by atoms with Gasteiger partial charge in [-0.25, -0.2) is 13.1 Å². The van der Waals surface area contributed by atoms with Crippen molar-refractivity contribution in [3.63, 3.8) is 0 Å². The molecule has 1 aliphatic rings. The van der Waals surface area contributed by atoms with Crippen molar-refractivity contribution >= 4 is 21.8 Å². The van der Waals surface area contributed by atoms with E-state index in [0.717, 1.165) is 24.0 Å². The van der Waals surface area contributed by atoms with E-state index in [0.29, 0.717) is 37.4 Å². The molecule has 1 fully saturated rings. The molecule has 4 rings (SSSR count). The van der Waals surface area contributed by atoms with Crippen molar-refractivity contribution in [2.45, 2.75) is 56.2 Å². The van der Waals surface area contributed by atoms with E-state index in [4.69, 9.17) is 9.47 Å². The number of carbonyl (C=O) groups is 2. The molecule has 0 aliphatic carbocycles. The summed E-state index contributed by atoms with van der Waals surface area (Å²) >= 11 is 0. The van der Waals surface area contributed by atoms with E-state index in [-0.39, 0.29) is 35.8 Å². The summed E-state index contributed by atoms with van der Waals surface area (Å²) in [6.45, 7) is 3.31. The minimum absolute atomic E-state index is 0.0320. The number of nitrogens with one attached hydrogen (secondary N) is 2. The highest BCUT2D eigenvalue weighted by molar-refractivity contribution is 7.89. The number of amides is 2. The van der Waals surface area contributed by atoms with Gasteiger partial charge in [0.05, 0.1) is 18.1 Å². The zero-order valence-electron chi connectivity index (χ0n) is 24.1.